The zero-order chi connectivity index (χ0) is 11.8. The number of hydrogen-bond acceptors (Lipinski definition) is 2. The van der Waals surface area contributed by atoms with Crippen LogP contribution >= 0.6 is 12.4 Å². The fraction of sp³-hybridized carbons (Fsp3) is 0.500. The lowest BCUT2D eigenvalue weighted by Crippen LogP contribution is -2.39. The maximum Gasteiger partial charge on any atom is 0.230 e. The van der Waals surface area contributed by atoms with Crippen LogP contribution in [0, 0.1) is 0 Å². The number of rotatable bonds is 2. The summed E-state index contributed by atoms with van der Waals surface area (Å²) >= 11 is 0. The number of carbonyl (C=O) groups excluding carboxylic acids is 1. The molecule has 0 aromatic heterocycles. The average molecular weight is 267 g/mol. The Hall–Kier alpha value is -1.06. The molecule has 0 bridgehead atoms. The van der Waals surface area contributed by atoms with Gasteiger partial charge in [-0.2, -0.15) is 0 Å². The summed E-state index contributed by atoms with van der Waals surface area (Å²) in [5, 5.41) is 3.25. The van der Waals surface area contributed by atoms with Crippen molar-refractivity contribution in [2.45, 2.75) is 24.8 Å². The summed E-state index contributed by atoms with van der Waals surface area (Å²) < 4.78 is 0. The van der Waals surface area contributed by atoms with Gasteiger partial charge in [0.25, 0.3) is 0 Å². The molecule has 1 N–H and O–H groups in total. The number of fused-ring (bicyclic) bond motifs is 1. The molecule has 1 aromatic rings. The van der Waals surface area contributed by atoms with Gasteiger partial charge in [-0.15, -0.1) is 12.4 Å². The van der Waals surface area contributed by atoms with Crippen LogP contribution in [-0.4, -0.2) is 37.0 Å². The molecule has 2 aliphatic rings. The normalized spacial score (nSPS) is 25.1. The Morgan fingerprint density at radius 2 is 2.17 bits per heavy atom. The average Bonchev–Trinajstić information content (AvgIpc) is 2.79. The monoisotopic (exact) mass is 266 g/mol. The minimum atomic E-state index is 0. The molecule has 4 heteroatoms. The lowest BCUT2D eigenvalue weighted by Gasteiger charge is -2.32. The Kier molecular flexibility index (Phi) is 3.93. The van der Waals surface area contributed by atoms with Gasteiger partial charge >= 0.3 is 0 Å². The first kappa shape index (κ1) is 13.4. The maximum absolute atomic E-state index is 12.3. The Balaban J connectivity index is 0.00000120. The molecule has 98 valence electrons. The molecule has 0 spiro atoms. The second kappa shape index (κ2) is 5.29. The number of nitrogens with zero attached hydrogens (tertiary/aromatic N) is 1. The number of hydrogen-bond donors (Lipinski definition) is 1. The first-order valence-corrected chi connectivity index (χ1v) is 6.33. The molecule has 0 saturated carbocycles. The quantitative estimate of drug-likeness (QED) is 0.881. The maximum atomic E-state index is 12.3. The Bertz CT molecular complexity index is 449. The summed E-state index contributed by atoms with van der Waals surface area (Å²) in [5.41, 5.74) is 2.58. The lowest BCUT2D eigenvalue weighted by atomic mass is 9.77. The van der Waals surface area contributed by atoms with Crippen LogP contribution in [0.15, 0.2) is 24.3 Å². The van der Waals surface area contributed by atoms with E-state index in [-0.39, 0.29) is 18.3 Å². The highest BCUT2D eigenvalue weighted by molar-refractivity contribution is 5.87. The number of benzene rings is 1. The first-order chi connectivity index (χ1) is 8.29. The molecular weight excluding hydrogens is 248 g/mol. The highest BCUT2D eigenvalue weighted by Gasteiger charge is 2.36. The van der Waals surface area contributed by atoms with Crippen LogP contribution in [0.3, 0.4) is 0 Å². The van der Waals surface area contributed by atoms with Crippen LogP contribution in [0.4, 0.5) is 0 Å². The number of amides is 1. The van der Waals surface area contributed by atoms with E-state index in [1.807, 2.05) is 24.1 Å². The fourth-order valence-corrected chi connectivity index (χ4v) is 2.90. The van der Waals surface area contributed by atoms with E-state index >= 15 is 0 Å². The fourth-order valence-electron chi connectivity index (χ4n) is 2.90. The van der Waals surface area contributed by atoms with Crippen molar-refractivity contribution in [2.24, 2.45) is 0 Å². The van der Waals surface area contributed by atoms with Crippen molar-refractivity contribution in [3.8, 4) is 0 Å². The summed E-state index contributed by atoms with van der Waals surface area (Å²) in [6, 6.07) is 8.77. The minimum Gasteiger partial charge on any atom is -0.341 e. The van der Waals surface area contributed by atoms with Gasteiger partial charge in [-0.3, -0.25) is 4.79 Å². The molecule has 1 saturated heterocycles. The molecule has 3 rings (SSSR count). The van der Waals surface area contributed by atoms with Gasteiger partial charge in [0, 0.05) is 19.1 Å². The van der Waals surface area contributed by atoms with Gasteiger partial charge in [0.1, 0.15) is 0 Å². The largest absolute Gasteiger partial charge is 0.341 e. The smallest absolute Gasteiger partial charge is 0.230 e. The van der Waals surface area contributed by atoms with Gasteiger partial charge in [0.2, 0.25) is 5.91 Å². The number of nitrogens with one attached hydrogen (secondary N) is 1. The van der Waals surface area contributed by atoms with Crippen molar-refractivity contribution in [1.29, 1.82) is 0 Å². The second-order valence-electron chi connectivity index (χ2n) is 5.01. The van der Waals surface area contributed by atoms with Gasteiger partial charge in [-0.25, -0.2) is 0 Å². The molecule has 2 atom stereocenters. The predicted octanol–water partition coefficient (Wildman–Crippen LogP) is 1.57. The van der Waals surface area contributed by atoms with Crippen molar-refractivity contribution in [2.75, 3.05) is 20.1 Å². The molecule has 1 amide bonds. The Labute approximate surface area is 114 Å². The summed E-state index contributed by atoms with van der Waals surface area (Å²) in [5.74, 6) is 0.447. The topological polar surface area (TPSA) is 32.3 Å². The third-order valence-corrected chi connectivity index (χ3v) is 4.06. The summed E-state index contributed by atoms with van der Waals surface area (Å²) in [4.78, 5) is 14.4. The van der Waals surface area contributed by atoms with E-state index in [0.717, 1.165) is 25.9 Å². The molecule has 1 fully saturated rings. The molecule has 2 unspecified atom stereocenters. The van der Waals surface area contributed by atoms with Crippen molar-refractivity contribution in [3.63, 3.8) is 0 Å². The third kappa shape index (κ3) is 2.13. The van der Waals surface area contributed by atoms with Crippen LogP contribution in [0.2, 0.25) is 0 Å². The van der Waals surface area contributed by atoms with Gasteiger partial charge < -0.3 is 10.2 Å². The number of likely N-dealkylation sites (N-methyl/N-ethyl adjacent to an activating group) is 1. The SMILES string of the molecule is CNC1CCN(C(=O)C2Cc3ccccc32)C1.Cl. The van der Waals surface area contributed by atoms with E-state index in [4.69, 9.17) is 0 Å². The van der Waals surface area contributed by atoms with E-state index in [0.29, 0.717) is 11.9 Å². The molecule has 1 aliphatic carbocycles. The van der Waals surface area contributed by atoms with Crippen LogP contribution in [0.5, 0.6) is 0 Å². The standard InChI is InChI=1S/C14H18N2O.ClH/c1-15-11-6-7-16(9-11)14(17)13-8-10-4-2-3-5-12(10)13;/h2-5,11,13,15H,6-9H2,1H3;1H. The zero-order valence-electron chi connectivity index (χ0n) is 10.6. The van der Waals surface area contributed by atoms with Crippen LogP contribution < -0.4 is 5.32 Å². The Morgan fingerprint density at radius 3 is 2.83 bits per heavy atom. The van der Waals surface area contributed by atoms with Crippen molar-refractivity contribution >= 4 is 18.3 Å². The molecule has 1 aliphatic heterocycles. The van der Waals surface area contributed by atoms with Gasteiger partial charge in [0.05, 0.1) is 5.92 Å². The van der Waals surface area contributed by atoms with Crippen molar-refractivity contribution in [1.82, 2.24) is 10.2 Å². The van der Waals surface area contributed by atoms with E-state index in [2.05, 4.69) is 17.4 Å². The number of halogens is 1. The Morgan fingerprint density at radius 1 is 1.39 bits per heavy atom. The van der Waals surface area contributed by atoms with Crippen molar-refractivity contribution in [3.05, 3.63) is 35.4 Å². The van der Waals surface area contributed by atoms with E-state index in [1.165, 1.54) is 11.1 Å². The summed E-state index contributed by atoms with van der Waals surface area (Å²) in [6.45, 7) is 1.77. The van der Waals surface area contributed by atoms with Gasteiger partial charge in [0.15, 0.2) is 0 Å². The molecule has 0 radical (unpaired) electrons. The predicted molar refractivity (Wildman–Crippen MR) is 74.2 cm³/mol. The first-order valence-electron chi connectivity index (χ1n) is 6.33. The highest BCUT2D eigenvalue weighted by Crippen LogP contribution is 2.36. The third-order valence-electron chi connectivity index (χ3n) is 4.06. The lowest BCUT2D eigenvalue weighted by molar-refractivity contribution is -0.132. The minimum absolute atomic E-state index is 0. The molecule has 18 heavy (non-hydrogen) atoms. The van der Waals surface area contributed by atoms with Crippen LogP contribution in [0.1, 0.15) is 23.5 Å². The molecule has 1 heterocycles. The highest BCUT2D eigenvalue weighted by atomic mass is 35.5. The number of carbonyl (C=O) groups is 1. The van der Waals surface area contributed by atoms with Crippen LogP contribution in [-0.2, 0) is 11.2 Å². The van der Waals surface area contributed by atoms with E-state index in [9.17, 15) is 4.79 Å². The number of likely N-dealkylation sites (tertiary alicyclic amines) is 1. The van der Waals surface area contributed by atoms with Gasteiger partial charge in [-0.1, -0.05) is 24.3 Å². The molecule has 1 aromatic carbocycles. The molecular formula is C14H19ClN2O. The molecule has 3 nitrogen and oxygen atoms in total. The van der Waals surface area contributed by atoms with E-state index in [1.54, 1.807) is 0 Å². The van der Waals surface area contributed by atoms with Gasteiger partial charge in [-0.05, 0) is 31.0 Å². The van der Waals surface area contributed by atoms with E-state index < -0.39 is 0 Å². The zero-order valence-corrected chi connectivity index (χ0v) is 11.4. The van der Waals surface area contributed by atoms with Crippen LogP contribution in [0.25, 0.3) is 0 Å². The van der Waals surface area contributed by atoms with Crippen molar-refractivity contribution < 1.29 is 4.79 Å². The second-order valence-corrected chi connectivity index (χ2v) is 5.01. The summed E-state index contributed by atoms with van der Waals surface area (Å²) in [6.07, 6.45) is 2.01. The summed E-state index contributed by atoms with van der Waals surface area (Å²) in [7, 11) is 1.97.